The average molecular weight is 500 g/mol. The van der Waals surface area contributed by atoms with Gasteiger partial charge in [0.15, 0.2) is 0 Å². The maximum Gasteiger partial charge on any atom is 0.266 e. The van der Waals surface area contributed by atoms with Crippen LogP contribution in [0.5, 0.6) is 5.75 Å². The molecule has 1 N–H and O–H groups in total. The Bertz CT molecular complexity index is 1480. The number of para-hydroxylation sites is 1. The molecule has 0 unspecified atom stereocenters. The molecular weight excluding hydrogens is 477 g/mol. The van der Waals surface area contributed by atoms with E-state index >= 15 is 0 Å². The molecule has 0 fully saturated rings. The highest BCUT2D eigenvalue weighted by Gasteiger charge is 2.15. The van der Waals surface area contributed by atoms with Crippen LogP contribution in [0.15, 0.2) is 84.4 Å². The third kappa shape index (κ3) is 5.48. The lowest BCUT2D eigenvalue weighted by Gasteiger charge is -2.12. The number of anilines is 1. The van der Waals surface area contributed by atoms with Crippen LogP contribution in [0, 0.1) is 31.0 Å². The SMILES string of the molecule is Cc1cc(/C=C(/C#N)C(=O)Nc2ccccc2F)c(C)n1-c1ccc(OCc2ccccc2Cl)cc1. The minimum atomic E-state index is -0.674. The van der Waals surface area contributed by atoms with Gasteiger partial charge in [-0.05, 0) is 74.0 Å². The highest BCUT2D eigenvalue weighted by Crippen LogP contribution is 2.26. The van der Waals surface area contributed by atoms with Crippen molar-refractivity contribution < 1.29 is 13.9 Å². The first-order valence-corrected chi connectivity index (χ1v) is 11.6. The molecule has 0 spiro atoms. The van der Waals surface area contributed by atoms with Crippen molar-refractivity contribution in [2.24, 2.45) is 0 Å². The minimum absolute atomic E-state index is 0.0194. The van der Waals surface area contributed by atoms with Gasteiger partial charge in [0.1, 0.15) is 29.8 Å². The van der Waals surface area contributed by atoms with E-state index in [2.05, 4.69) is 5.32 Å². The van der Waals surface area contributed by atoms with Crippen LogP contribution < -0.4 is 10.1 Å². The van der Waals surface area contributed by atoms with Crippen molar-refractivity contribution in [2.45, 2.75) is 20.5 Å². The number of hydrogen-bond acceptors (Lipinski definition) is 3. The van der Waals surface area contributed by atoms with E-state index in [9.17, 15) is 14.4 Å². The predicted octanol–water partition coefficient (Wildman–Crippen LogP) is 7.01. The first kappa shape index (κ1) is 24.8. The standard InChI is InChI=1S/C29H23ClFN3O2/c1-19-15-22(16-23(17-32)29(35)33-28-10-6-5-9-27(28)31)20(2)34(19)24-11-13-25(14-12-24)36-18-21-7-3-4-8-26(21)30/h3-16H,18H2,1-2H3,(H,33,35)/b23-16-. The number of nitrogens with zero attached hydrogens (tertiary/aromatic N) is 2. The molecule has 0 saturated carbocycles. The number of rotatable bonds is 7. The average Bonchev–Trinajstić information content (AvgIpc) is 3.16. The molecule has 0 atom stereocenters. The second-order valence-electron chi connectivity index (χ2n) is 8.14. The Morgan fingerprint density at radius 1 is 1.08 bits per heavy atom. The van der Waals surface area contributed by atoms with Crippen LogP contribution in [0.1, 0.15) is 22.5 Å². The number of amides is 1. The molecule has 0 aliphatic carbocycles. The zero-order valence-electron chi connectivity index (χ0n) is 19.8. The van der Waals surface area contributed by atoms with Crippen LogP contribution in [-0.2, 0) is 11.4 Å². The van der Waals surface area contributed by atoms with Gasteiger partial charge in [0.05, 0.1) is 5.69 Å². The van der Waals surface area contributed by atoms with Gasteiger partial charge in [-0.25, -0.2) is 4.39 Å². The molecule has 0 aliphatic rings. The largest absolute Gasteiger partial charge is 0.489 e. The summed E-state index contributed by atoms with van der Waals surface area (Å²) in [5.74, 6) is -0.536. The molecule has 0 saturated heterocycles. The smallest absolute Gasteiger partial charge is 0.266 e. The molecule has 0 aliphatic heterocycles. The Hall–Kier alpha value is -4.34. The molecule has 0 radical (unpaired) electrons. The fourth-order valence-electron chi connectivity index (χ4n) is 3.86. The minimum Gasteiger partial charge on any atom is -0.489 e. The monoisotopic (exact) mass is 499 g/mol. The van der Waals surface area contributed by atoms with Gasteiger partial charge in [0, 0.05) is 27.7 Å². The van der Waals surface area contributed by atoms with Gasteiger partial charge in [0.25, 0.3) is 5.91 Å². The predicted molar refractivity (Wildman–Crippen MR) is 140 cm³/mol. The summed E-state index contributed by atoms with van der Waals surface area (Å²) in [7, 11) is 0. The van der Waals surface area contributed by atoms with Crippen molar-refractivity contribution in [2.75, 3.05) is 5.32 Å². The zero-order chi connectivity index (χ0) is 25.7. The Labute approximate surface area is 214 Å². The lowest BCUT2D eigenvalue weighted by atomic mass is 10.1. The first-order valence-electron chi connectivity index (χ1n) is 11.2. The number of nitrogens with one attached hydrogen (secondary N) is 1. The number of aromatic nitrogens is 1. The molecule has 36 heavy (non-hydrogen) atoms. The number of carbonyl (C=O) groups is 1. The molecule has 4 aromatic rings. The van der Waals surface area contributed by atoms with Crippen molar-refractivity contribution in [1.29, 1.82) is 5.26 Å². The molecule has 0 bridgehead atoms. The van der Waals surface area contributed by atoms with E-state index in [1.54, 1.807) is 6.07 Å². The topological polar surface area (TPSA) is 67.0 Å². The molecule has 1 heterocycles. The van der Waals surface area contributed by atoms with Crippen molar-refractivity contribution >= 4 is 29.3 Å². The number of ether oxygens (including phenoxy) is 1. The first-order chi connectivity index (χ1) is 17.4. The van der Waals surface area contributed by atoms with Gasteiger partial charge in [-0.15, -0.1) is 0 Å². The summed E-state index contributed by atoms with van der Waals surface area (Å²) in [4.78, 5) is 12.6. The molecule has 4 rings (SSSR count). The highest BCUT2D eigenvalue weighted by atomic mass is 35.5. The number of benzene rings is 3. The van der Waals surface area contributed by atoms with Crippen LogP contribution >= 0.6 is 11.6 Å². The Balaban J connectivity index is 1.53. The molecule has 1 amide bonds. The van der Waals surface area contributed by atoms with Gasteiger partial charge >= 0.3 is 0 Å². The van der Waals surface area contributed by atoms with Gasteiger partial charge < -0.3 is 14.6 Å². The van der Waals surface area contributed by atoms with Gasteiger partial charge in [0.2, 0.25) is 0 Å². The summed E-state index contributed by atoms with van der Waals surface area (Å²) in [5.41, 5.74) is 4.20. The van der Waals surface area contributed by atoms with Crippen LogP contribution in [0.25, 0.3) is 11.8 Å². The van der Waals surface area contributed by atoms with E-state index in [1.807, 2.05) is 79.1 Å². The van der Waals surface area contributed by atoms with Gasteiger partial charge in [-0.2, -0.15) is 5.26 Å². The lowest BCUT2D eigenvalue weighted by Crippen LogP contribution is -2.14. The van der Waals surface area contributed by atoms with Crippen LogP contribution in [-0.4, -0.2) is 10.5 Å². The molecule has 3 aromatic carbocycles. The van der Waals surface area contributed by atoms with E-state index in [-0.39, 0.29) is 11.3 Å². The molecule has 180 valence electrons. The van der Waals surface area contributed by atoms with Crippen LogP contribution in [0.2, 0.25) is 5.02 Å². The summed E-state index contributed by atoms with van der Waals surface area (Å²) < 4.78 is 21.8. The fourth-order valence-corrected chi connectivity index (χ4v) is 4.05. The number of hydrogen-bond donors (Lipinski definition) is 1. The van der Waals surface area contributed by atoms with E-state index in [4.69, 9.17) is 16.3 Å². The maximum absolute atomic E-state index is 13.9. The number of carbonyl (C=O) groups excluding carboxylic acids is 1. The summed E-state index contributed by atoms with van der Waals surface area (Å²) in [5, 5.41) is 12.7. The van der Waals surface area contributed by atoms with E-state index in [1.165, 1.54) is 24.3 Å². The van der Waals surface area contributed by atoms with Crippen molar-refractivity contribution in [1.82, 2.24) is 4.57 Å². The summed E-state index contributed by atoms with van der Waals surface area (Å²) in [6.45, 7) is 4.21. The second kappa shape index (κ2) is 10.9. The van der Waals surface area contributed by atoms with Crippen LogP contribution in [0.3, 0.4) is 0 Å². The van der Waals surface area contributed by atoms with Gasteiger partial charge in [-0.3, -0.25) is 4.79 Å². The molecule has 1 aromatic heterocycles. The van der Waals surface area contributed by atoms with Gasteiger partial charge in [-0.1, -0.05) is 41.9 Å². The number of halogens is 2. The molecular formula is C29H23ClFN3O2. The number of nitriles is 1. The third-order valence-corrected chi connectivity index (χ3v) is 6.07. The summed E-state index contributed by atoms with van der Waals surface area (Å²) in [6, 6.07) is 24.8. The summed E-state index contributed by atoms with van der Waals surface area (Å²) >= 11 is 6.20. The maximum atomic E-state index is 13.9. The second-order valence-corrected chi connectivity index (χ2v) is 8.55. The number of aryl methyl sites for hydroxylation is 1. The van der Waals surface area contributed by atoms with Crippen molar-refractivity contribution in [3.63, 3.8) is 0 Å². The molecule has 5 nitrogen and oxygen atoms in total. The quantitative estimate of drug-likeness (QED) is 0.219. The van der Waals surface area contributed by atoms with E-state index in [0.717, 1.165) is 22.6 Å². The van der Waals surface area contributed by atoms with Crippen molar-refractivity contribution in [3.05, 3.63) is 118 Å². The van der Waals surface area contributed by atoms with Crippen LogP contribution in [0.4, 0.5) is 10.1 Å². The van der Waals surface area contributed by atoms with Crippen molar-refractivity contribution in [3.8, 4) is 17.5 Å². The van der Waals surface area contributed by atoms with E-state index < -0.39 is 11.7 Å². The Morgan fingerprint density at radius 2 is 1.78 bits per heavy atom. The Kier molecular flexibility index (Phi) is 7.53. The summed E-state index contributed by atoms with van der Waals surface area (Å²) in [6.07, 6.45) is 1.51. The van der Waals surface area contributed by atoms with E-state index in [0.29, 0.717) is 22.9 Å². The lowest BCUT2D eigenvalue weighted by molar-refractivity contribution is -0.112. The molecule has 7 heteroatoms. The highest BCUT2D eigenvalue weighted by molar-refractivity contribution is 6.31. The third-order valence-electron chi connectivity index (χ3n) is 5.70. The zero-order valence-corrected chi connectivity index (χ0v) is 20.5. The Morgan fingerprint density at radius 3 is 2.47 bits per heavy atom. The fraction of sp³-hybridized carbons (Fsp3) is 0.103. The normalized spacial score (nSPS) is 11.1.